The second-order valence-corrected chi connectivity index (χ2v) is 9.74. The van der Waals surface area contributed by atoms with Crippen LogP contribution in [0.2, 0.25) is 0 Å². The smallest absolute Gasteiger partial charge is 0.331 e. The summed E-state index contributed by atoms with van der Waals surface area (Å²) in [6.07, 6.45) is 6.63. The van der Waals surface area contributed by atoms with Gasteiger partial charge in [0.1, 0.15) is 0 Å². The normalized spacial score (nSPS) is 15.2. The third-order valence-electron chi connectivity index (χ3n) is 5.52. The van der Waals surface area contributed by atoms with Crippen molar-refractivity contribution in [3.05, 3.63) is 66.2 Å². The van der Waals surface area contributed by atoms with Crippen molar-refractivity contribution in [2.45, 2.75) is 37.5 Å². The van der Waals surface area contributed by atoms with Gasteiger partial charge in [0, 0.05) is 31.4 Å². The molecule has 8 heteroatoms. The molecule has 2 aromatic carbocycles. The van der Waals surface area contributed by atoms with Crippen molar-refractivity contribution in [1.29, 1.82) is 0 Å². The van der Waals surface area contributed by atoms with Gasteiger partial charge < -0.3 is 9.64 Å². The Morgan fingerprint density at radius 1 is 0.970 bits per heavy atom. The lowest BCUT2D eigenvalue weighted by atomic mass is 10.2. The van der Waals surface area contributed by atoms with Crippen molar-refractivity contribution in [3.8, 4) is 0 Å². The van der Waals surface area contributed by atoms with Crippen LogP contribution in [0, 0.1) is 0 Å². The average molecular weight is 471 g/mol. The first kappa shape index (κ1) is 24.7. The maximum Gasteiger partial charge on any atom is 0.331 e. The summed E-state index contributed by atoms with van der Waals surface area (Å²) in [7, 11) is -3.51. The van der Waals surface area contributed by atoms with Crippen molar-refractivity contribution >= 4 is 33.7 Å². The largest absolute Gasteiger partial charge is 0.452 e. The predicted molar refractivity (Wildman–Crippen MR) is 128 cm³/mol. The fourth-order valence-corrected chi connectivity index (χ4v) is 5.23. The van der Waals surface area contributed by atoms with Crippen LogP contribution in [0.5, 0.6) is 0 Å². The zero-order valence-corrected chi connectivity index (χ0v) is 19.7. The molecule has 1 saturated heterocycles. The van der Waals surface area contributed by atoms with Crippen LogP contribution in [0.3, 0.4) is 0 Å². The van der Waals surface area contributed by atoms with Gasteiger partial charge in [0.2, 0.25) is 10.0 Å². The van der Waals surface area contributed by atoms with Gasteiger partial charge in [0.05, 0.1) is 4.90 Å². The SMILES string of the molecule is CCN(C(=O)COC(=O)C=Cc1ccc(S(=O)(=O)N2CCCCCC2)cc1)c1ccccc1. The molecule has 1 aliphatic heterocycles. The molecule has 0 bridgehead atoms. The average Bonchev–Trinajstić information content (AvgIpc) is 3.13. The van der Waals surface area contributed by atoms with Gasteiger partial charge in [-0.1, -0.05) is 43.2 Å². The summed E-state index contributed by atoms with van der Waals surface area (Å²) in [5, 5.41) is 0. The van der Waals surface area contributed by atoms with Crippen molar-refractivity contribution in [2.75, 3.05) is 31.1 Å². The van der Waals surface area contributed by atoms with Crippen molar-refractivity contribution in [3.63, 3.8) is 0 Å². The first-order valence-corrected chi connectivity index (χ1v) is 12.7. The Balaban J connectivity index is 1.55. The highest BCUT2D eigenvalue weighted by Gasteiger charge is 2.24. The van der Waals surface area contributed by atoms with Crippen molar-refractivity contribution in [1.82, 2.24) is 4.31 Å². The first-order valence-electron chi connectivity index (χ1n) is 11.2. The van der Waals surface area contributed by atoms with Crippen LogP contribution in [-0.4, -0.2) is 50.8 Å². The van der Waals surface area contributed by atoms with E-state index in [1.54, 1.807) is 33.5 Å². The maximum absolute atomic E-state index is 12.8. The van der Waals surface area contributed by atoms with Crippen LogP contribution in [0.15, 0.2) is 65.6 Å². The summed E-state index contributed by atoms with van der Waals surface area (Å²) in [5.41, 5.74) is 1.40. The molecular formula is C25H30N2O5S. The molecule has 1 fully saturated rings. The molecule has 33 heavy (non-hydrogen) atoms. The Kier molecular flexibility index (Phi) is 8.79. The number of nitrogens with zero attached hydrogens (tertiary/aromatic N) is 2. The molecule has 1 amide bonds. The summed E-state index contributed by atoms with van der Waals surface area (Å²) >= 11 is 0. The Bertz CT molecular complexity index is 1060. The van der Waals surface area contributed by atoms with Crippen LogP contribution in [0.1, 0.15) is 38.2 Å². The number of hydrogen-bond donors (Lipinski definition) is 0. The lowest BCUT2D eigenvalue weighted by Crippen LogP contribution is -2.34. The number of ether oxygens (including phenoxy) is 1. The highest BCUT2D eigenvalue weighted by molar-refractivity contribution is 7.89. The van der Waals surface area contributed by atoms with Crippen LogP contribution < -0.4 is 4.90 Å². The van der Waals surface area contributed by atoms with E-state index < -0.39 is 16.0 Å². The number of rotatable bonds is 8. The zero-order valence-electron chi connectivity index (χ0n) is 18.9. The number of hydrogen-bond acceptors (Lipinski definition) is 5. The van der Waals surface area contributed by atoms with Gasteiger partial charge in [0.25, 0.3) is 5.91 Å². The Morgan fingerprint density at radius 2 is 1.61 bits per heavy atom. The Hall–Kier alpha value is -2.97. The van der Waals surface area contributed by atoms with Gasteiger partial charge in [0.15, 0.2) is 6.61 Å². The topological polar surface area (TPSA) is 84.0 Å². The lowest BCUT2D eigenvalue weighted by Gasteiger charge is -2.20. The monoisotopic (exact) mass is 470 g/mol. The van der Waals surface area contributed by atoms with Gasteiger partial charge in [-0.25, -0.2) is 13.2 Å². The standard InChI is InChI=1S/C25H30N2O5S/c1-2-27(22-10-6-5-7-11-22)24(28)20-32-25(29)17-14-21-12-15-23(16-13-21)33(30,31)26-18-8-3-4-9-19-26/h5-7,10-17H,2-4,8-9,18-20H2,1H3. The van der Waals surface area contributed by atoms with Gasteiger partial charge in [-0.15, -0.1) is 0 Å². The molecule has 2 aromatic rings. The molecular weight excluding hydrogens is 440 g/mol. The van der Waals surface area contributed by atoms with E-state index in [-0.39, 0.29) is 17.4 Å². The number of sulfonamides is 1. The maximum atomic E-state index is 12.8. The van der Waals surface area contributed by atoms with Gasteiger partial charge >= 0.3 is 5.97 Å². The summed E-state index contributed by atoms with van der Waals surface area (Å²) in [6, 6.07) is 15.6. The highest BCUT2D eigenvalue weighted by Crippen LogP contribution is 2.21. The fraction of sp³-hybridized carbons (Fsp3) is 0.360. The van der Waals surface area contributed by atoms with Crippen LogP contribution in [0.25, 0.3) is 6.08 Å². The zero-order chi connectivity index (χ0) is 23.7. The molecule has 176 valence electrons. The highest BCUT2D eigenvalue weighted by atomic mass is 32.2. The third kappa shape index (κ3) is 6.76. The van der Waals surface area contributed by atoms with E-state index in [1.165, 1.54) is 12.2 Å². The van der Waals surface area contributed by atoms with Gasteiger partial charge in [-0.2, -0.15) is 4.31 Å². The predicted octanol–water partition coefficient (Wildman–Crippen LogP) is 3.86. The first-order chi connectivity index (χ1) is 15.9. The molecule has 7 nitrogen and oxygen atoms in total. The van der Waals surface area contributed by atoms with Crippen LogP contribution in [0.4, 0.5) is 5.69 Å². The number of esters is 1. The lowest BCUT2D eigenvalue weighted by molar-refractivity contribution is -0.142. The molecule has 3 rings (SSSR count). The van der Waals surface area contributed by atoms with Crippen molar-refractivity contribution in [2.24, 2.45) is 0 Å². The van der Waals surface area contributed by atoms with Crippen LogP contribution >= 0.6 is 0 Å². The second-order valence-electron chi connectivity index (χ2n) is 7.80. The molecule has 0 spiro atoms. The molecule has 0 aliphatic carbocycles. The number of carbonyl (C=O) groups is 2. The summed E-state index contributed by atoms with van der Waals surface area (Å²) < 4.78 is 32.3. The van der Waals surface area contributed by atoms with E-state index >= 15 is 0 Å². The minimum Gasteiger partial charge on any atom is -0.452 e. The molecule has 0 radical (unpaired) electrons. The quantitative estimate of drug-likeness (QED) is 0.432. The summed E-state index contributed by atoms with van der Waals surface area (Å²) in [6.45, 7) is 3.05. The van der Waals surface area contributed by atoms with Gasteiger partial charge in [-0.05, 0) is 55.7 Å². The Morgan fingerprint density at radius 3 is 2.21 bits per heavy atom. The van der Waals surface area contributed by atoms with E-state index in [0.717, 1.165) is 31.4 Å². The van der Waals surface area contributed by atoms with Crippen LogP contribution in [-0.2, 0) is 24.3 Å². The van der Waals surface area contributed by atoms with E-state index in [2.05, 4.69) is 0 Å². The number of likely N-dealkylation sites (N-methyl/N-ethyl adjacent to an activating group) is 1. The summed E-state index contributed by atoms with van der Waals surface area (Å²) in [5.74, 6) is -0.956. The van der Waals surface area contributed by atoms with Crippen molar-refractivity contribution < 1.29 is 22.7 Å². The second kappa shape index (κ2) is 11.8. The van der Waals surface area contributed by atoms with Gasteiger partial charge in [-0.3, -0.25) is 4.79 Å². The Labute approximate surface area is 195 Å². The summed E-state index contributed by atoms with van der Waals surface area (Å²) in [4.78, 5) is 26.2. The molecule has 0 atom stereocenters. The third-order valence-corrected chi connectivity index (χ3v) is 7.43. The number of anilines is 1. The number of para-hydroxylation sites is 1. The minimum absolute atomic E-state index is 0.246. The molecule has 1 heterocycles. The minimum atomic E-state index is -3.51. The van der Waals surface area contributed by atoms with E-state index in [1.807, 2.05) is 37.3 Å². The fourth-order valence-electron chi connectivity index (χ4n) is 3.72. The number of amides is 1. The molecule has 0 saturated carbocycles. The van der Waals surface area contributed by atoms with E-state index in [9.17, 15) is 18.0 Å². The number of benzene rings is 2. The molecule has 0 unspecified atom stereocenters. The number of carbonyl (C=O) groups excluding carboxylic acids is 2. The van der Waals surface area contributed by atoms with E-state index in [4.69, 9.17) is 4.74 Å². The molecule has 1 aliphatic rings. The van der Waals surface area contributed by atoms with E-state index in [0.29, 0.717) is 25.2 Å². The molecule has 0 N–H and O–H groups in total. The molecule has 0 aromatic heterocycles.